The van der Waals surface area contributed by atoms with Crippen LogP contribution in [0.1, 0.15) is 51.0 Å². The van der Waals surface area contributed by atoms with E-state index >= 15 is 0 Å². The number of carbonyl (C=O) groups excluding carboxylic acids is 1. The van der Waals surface area contributed by atoms with Gasteiger partial charge in [-0.1, -0.05) is 30.3 Å². The summed E-state index contributed by atoms with van der Waals surface area (Å²) in [6.07, 6.45) is 6.23. The molecular weight excluding hydrogens is 262 g/mol. The van der Waals surface area contributed by atoms with Crippen molar-refractivity contribution in [2.45, 2.75) is 57.5 Å². The van der Waals surface area contributed by atoms with Gasteiger partial charge in [-0.25, -0.2) is 0 Å². The van der Waals surface area contributed by atoms with Crippen LogP contribution in [0.3, 0.4) is 0 Å². The lowest BCUT2D eigenvalue weighted by Crippen LogP contribution is -2.56. The summed E-state index contributed by atoms with van der Waals surface area (Å²) in [5, 5.41) is 3.78. The number of fused-ring (bicyclic) bond motifs is 3. The Bertz CT molecular complexity index is 473. The summed E-state index contributed by atoms with van der Waals surface area (Å²) >= 11 is 0. The van der Waals surface area contributed by atoms with Gasteiger partial charge in [0.05, 0.1) is 12.0 Å². The molecule has 4 rings (SSSR count). The summed E-state index contributed by atoms with van der Waals surface area (Å²) in [5.41, 5.74) is 1.40. The van der Waals surface area contributed by atoms with E-state index in [1.807, 2.05) is 6.92 Å². The maximum Gasteiger partial charge on any atom is 0.312 e. The SMILES string of the molecule is CCOC(=O)C12CCC(NCc3ccccc3)(CC1)CC2. The molecule has 2 bridgehead atoms. The van der Waals surface area contributed by atoms with Crippen LogP contribution < -0.4 is 5.32 Å². The molecule has 3 saturated carbocycles. The van der Waals surface area contributed by atoms with Gasteiger partial charge >= 0.3 is 5.97 Å². The van der Waals surface area contributed by atoms with Gasteiger partial charge < -0.3 is 10.1 Å². The first-order valence-electron chi connectivity index (χ1n) is 8.14. The number of rotatable bonds is 5. The van der Waals surface area contributed by atoms with Gasteiger partial charge in [0.1, 0.15) is 0 Å². The molecule has 3 aliphatic rings. The Kier molecular flexibility index (Phi) is 4.03. The van der Waals surface area contributed by atoms with Crippen LogP contribution in [0.5, 0.6) is 0 Å². The molecule has 3 fully saturated rings. The van der Waals surface area contributed by atoms with Gasteiger partial charge in [0.15, 0.2) is 0 Å². The largest absolute Gasteiger partial charge is 0.466 e. The smallest absolute Gasteiger partial charge is 0.312 e. The topological polar surface area (TPSA) is 38.3 Å². The number of hydrogen-bond donors (Lipinski definition) is 1. The zero-order valence-corrected chi connectivity index (χ0v) is 12.9. The molecule has 0 unspecified atom stereocenters. The highest BCUT2D eigenvalue weighted by molar-refractivity contribution is 5.77. The van der Waals surface area contributed by atoms with E-state index in [9.17, 15) is 4.79 Å². The fourth-order valence-corrected chi connectivity index (χ4v) is 3.93. The summed E-state index contributed by atoms with van der Waals surface area (Å²) in [4.78, 5) is 12.2. The van der Waals surface area contributed by atoms with Crippen LogP contribution in [0, 0.1) is 5.41 Å². The molecule has 0 aromatic heterocycles. The standard InChI is InChI=1S/C18H25NO2/c1-2-21-16(20)17-8-11-18(12-9-17,13-10-17)19-14-15-6-4-3-5-7-15/h3-7,19H,2,8-14H2,1H3. The molecule has 3 heteroatoms. The second-order valence-electron chi connectivity index (χ2n) is 6.62. The number of nitrogens with one attached hydrogen (secondary N) is 1. The van der Waals surface area contributed by atoms with E-state index in [0.717, 1.165) is 45.1 Å². The predicted octanol–water partition coefficient (Wildman–Crippen LogP) is 3.43. The molecule has 0 saturated heterocycles. The van der Waals surface area contributed by atoms with E-state index in [0.29, 0.717) is 6.61 Å². The molecule has 0 spiro atoms. The summed E-state index contributed by atoms with van der Waals surface area (Å²) in [7, 11) is 0. The molecule has 0 radical (unpaired) electrons. The summed E-state index contributed by atoms with van der Waals surface area (Å²) in [6.45, 7) is 3.32. The zero-order valence-electron chi connectivity index (χ0n) is 12.9. The highest BCUT2D eigenvalue weighted by Crippen LogP contribution is 2.53. The summed E-state index contributed by atoms with van der Waals surface area (Å²) in [5.74, 6) is 0.0429. The van der Waals surface area contributed by atoms with Crippen molar-refractivity contribution in [1.82, 2.24) is 5.32 Å². The maximum absolute atomic E-state index is 12.2. The van der Waals surface area contributed by atoms with Gasteiger partial charge in [-0.2, -0.15) is 0 Å². The van der Waals surface area contributed by atoms with Crippen LogP contribution in [0.25, 0.3) is 0 Å². The minimum Gasteiger partial charge on any atom is -0.466 e. The van der Waals surface area contributed by atoms with Crippen LogP contribution in [-0.4, -0.2) is 18.1 Å². The Labute approximate surface area is 127 Å². The van der Waals surface area contributed by atoms with Crippen LogP contribution >= 0.6 is 0 Å². The van der Waals surface area contributed by atoms with E-state index in [1.165, 1.54) is 5.56 Å². The number of carbonyl (C=O) groups is 1. The van der Waals surface area contributed by atoms with E-state index in [-0.39, 0.29) is 16.9 Å². The molecule has 0 amide bonds. The fraction of sp³-hybridized carbons (Fsp3) is 0.611. The minimum absolute atomic E-state index is 0.0429. The Morgan fingerprint density at radius 2 is 1.71 bits per heavy atom. The molecule has 1 N–H and O–H groups in total. The fourth-order valence-electron chi connectivity index (χ4n) is 3.93. The zero-order chi connectivity index (χ0) is 14.8. The molecule has 3 nitrogen and oxygen atoms in total. The first-order valence-corrected chi connectivity index (χ1v) is 8.14. The summed E-state index contributed by atoms with van der Waals surface area (Å²) in [6, 6.07) is 10.6. The van der Waals surface area contributed by atoms with Crippen molar-refractivity contribution in [2.24, 2.45) is 5.41 Å². The molecule has 114 valence electrons. The van der Waals surface area contributed by atoms with Gasteiger partial charge in [0.2, 0.25) is 0 Å². The van der Waals surface area contributed by atoms with Gasteiger partial charge in [-0.3, -0.25) is 4.79 Å². The molecule has 1 aromatic carbocycles. The molecule has 3 aliphatic carbocycles. The van der Waals surface area contributed by atoms with Crippen LogP contribution in [0.15, 0.2) is 30.3 Å². The maximum atomic E-state index is 12.2. The van der Waals surface area contributed by atoms with Crippen molar-refractivity contribution in [1.29, 1.82) is 0 Å². The van der Waals surface area contributed by atoms with E-state index in [2.05, 4.69) is 35.6 Å². The molecular formula is C18H25NO2. The van der Waals surface area contributed by atoms with Gasteiger partial charge in [-0.05, 0) is 51.0 Å². The Morgan fingerprint density at radius 1 is 1.10 bits per heavy atom. The number of ether oxygens (including phenoxy) is 1. The van der Waals surface area contributed by atoms with Crippen molar-refractivity contribution in [3.63, 3.8) is 0 Å². The Morgan fingerprint density at radius 3 is 2.29 bits per heavy atom. The highest BCUT2D eigenvalue weighted by atomic mass is 16.5. The average Bonchev–Trinajstić information content (AvgIpc) is 2.56. The molecule has 0 atom stereocenters. The molecule has 0 aliphatic heterocycles. The predicted molar refractivity (Wildman–Crippen MR) is 82.8 cm³/mol. The average molecular weight is 287 g/mol. The van der Waals surface area contributed by atoms with E-state index < -0.39 is 0 Å². The number of benzene rings is 1. The van der Waals surface area contributed by atoms with Crippen molar-refractivity contribution in [3.05, 3.63) is 35.9 Å². The van der Waals surface area contributed by atoms with Crippen LogP contribution in [-0.2, 0) is 16.1 Å². The third-order valence-corrected chi connectivity index (χ3v) is 5.47. The normalized spacial score (nSPS) is 31.1. The van der Waals surface area contributed by atoms with Gasteiger partial charge in [-0.15, -0.1) is 0 Å². The third kappa shape index (κ3) is 2.84. The first-order chi connectivity index (χ1) is 10.2. The van der Waals surface area contributed by atoms with E-state index in [1.54, 1.807) is 0 Å². The Balaban J connectivity index is 1.60. The van der Waals surface area contributed by atoms with Crippen molar-refractivity contribution >= 4 is 5.97 Å². The van der Waals surface area contributed by atoms with Crippen LogP contribution in [0.2, 0.25) is 0 Å². The van der Waals surface area contributed by atoms with Crippen molar-refractivity contribution in [2.75, 3.05) is 6.61 Å². The quantitative estimate of drug-likeness (QED) is 0.843. The third-order valence-electron chi connectivity index (χ3n) is 5.47. The lowest BCUT2D eigenvalue weighted by Gasteiger charge is -2.52. The lowest BCUT2D eigenvalue weighted by atomic mass is 9.57. The summed E-state index contributed by atoms with van der Waals surface area (Å²) < 4.78 is 5.30. The number of hydrogen-bond acceptors (Lipinski definition) is 3. The molecule has 21 heavy (non-hydrogen) atoms. The second-order valence-corrected chi connectivity index (χ2v) is 6.62. The van der Waals surface area contributed by atoms with E-state index in [4.69, 9.17) is 4.74 Å². The van der Waals surface area contributed by atoms with Gasteiger partial charge in [0, 0.05) is 12.1 Å². The highest BCUT2D eigenvalue weighted by Gasteiger charge is 2.52. The lowest BCUT2D eigenvalue weighted by molar-refractivity contribution is -0.163. The van der Waals surface area contributed by atoms with Gasteiger partial charge in [0.25, 0.3) is 0 Å². The second kappa shape index (κ2) is 5.80. The minimum atomic E-state index is -0.174. The first kappa shape index (κ1) is 14.6. The van der Waals surface area contributed by atoms with Crippen molar-refractivity contribution in [3.8, 4) is 0 Å². The molecule has 0 heterocycles. The monoisotopic (exact) mass is 287 g/mol. The molecule has 1 aromatic rings. The van der Waals surface area contributed by atoms with Crippen LogP contribution in [0.4, 0.5) is 0 Å². The Hall–Kier alpha value is -1.35. The number of esters is 1. The van der Waals surface area contributed by atoms with Crippen molar-refractivity contribution < 1.29 is 9.53 Å².